The maximum atomic E-state index is 12.1. The van der Waals surface area contributed by atoms with Crippen molar-refractivity contribution in [2.45, 2.75) is 20.4 Å². The van der Waals surface area contributed by atoms with Crippen LogP contribution < -0.4 is 5.43 Å². The minimum Gasteiger partial charge on any atom is -0.267 e. The summed E-state index contributed by atoms with van der Waals surface area (Å²) >= 11 is 5.83. The van der Waals surface area contributed by atoms with Crippen LogP contribution in [0.5, 0.6) is 0 Å². The maximum absolute atomic E-state index is 12.1. The number of amides is 1. The molecular weight excluding hydrogens is 348 g/mol. The SMILES string of the molecule is Cc1nn(Cc2ccccc2)c(C)c1/C=N/NC(=O)c1ccc(Cl)cc1. The van der Waals surface area contributed by atoms with Gasteiger partial charge in [-0.05, 0) is 43.7 Å². The number of hydrogen-bond acceptors (Lipinski definition) is 3. The Balaban J connectivity index is 1.70. The predicted molar refractivity (Wildman–Crippen MR) is 104 cm³/mol. The third-order valence-electron chi connectivity index (χ3n) is 4.08. The quantitative estimate of drug-likeness (QED) is 0.548. The first-order chi connectivity index (χ1) is 12.5. The Hall–Kier alpha value is -2.92. The lowest BCUT2D eigenvalue weighted by Crippen LogP contribution is -2.17. The van der Waals surface area contributed by atoms with E-state index in [1.54, 1.807) is 30.5 Å². The smallest absolute Gasteiger partial charge is 0.267 e. The van der Waals surface area contributed by atoms with Gasteiger partial charge >= 0.3 is 0 Å². The fraction of sp³-hybridized carbons (Fsp3) is 0.150. The predicted octanol–water partition coefficient (Wildman–Crippen LogP) is 3.97. The second-order valence-corrected chi connectivity index (χ2v) is 6.37. The lowest BCUT2D eigenvalue weighted by atomic mass is 10.2. The molecule has 2 aromatic carbocycles. The molecular formula is C20H19ClN4O. The van der Waals surface area contributed by atoms with Gasteiger partial charge < -0.3 is 0 Å². The molecule has 1 amide bonds. The number of benzene rings is 2. The molecule has 1 aromatic heterocycles. The Bertz CT molecular complexity index is 930. The molecule has 6 heteroatoms. The van der Waals surface area contributed by atoms with E-state index in [1.165, 1.54) is 5.56 Å². The van der Waals surface area contributed by atoms with E-state index in [1.807, 2.05) is 36.7 Å². The summed E-state index contributed by atoms with van der Waals surface area (Å²) in [6, 6.07) is 16.8. The molecule has 3 aromatic rings. The molecule has 1 heterocycles. The number of carbonyl (C=O) groups excluding carboxylic acids is 1. The van der Waals surface area contributed by atoms with Gasteiger partial charge in [-0.25, -0.2) is 5.43 Å². The van der Waals surface area contributed by atoms with E-state index < -0.39 is 0 Å². The van der Waals surface area contributed by atoms with Gasteiger partial charge in [0.1, 0.15) is 0 Å². The average Bonchev–Trinajstić information content (AvgIpc) is 2.90. The number of aryl methyl sites for hydroxylation is 1. The third-order valence-corrected chi connectivity index (χ3v) is 4.33. The standard InChI is InChI=1S/C20H19ClN4O/c1-14-19(12-22-23-20(26)17-8-10-18(21)11-9-17)15(2)25(24-14)13-16-6-4-3-5-7-16/h3-12H,13H2,1-2H3,(H,23,26)/b22-12+. The summed E-state index contributed by atoms with van der Waals surface area (Å²) in [7, 11) is 0. The zero-order valence-electron chi connectivity index (χ0n) is 14.6. The molecule has 0 saturated heterocycles. The fourth-order valence-electron chi connectivity index (χ4n) is 2.63. The maximum Gasteiger partial charge on any atom is 0.271 e. The molecule has 0 saturated carbocycles. The van der Waals surface area contributed by atoms with Gasteiger partial charge in [0, 0.05) is 21.8 Å². The highest BCUT2D eigenvalue weighted by molar-refractivity contribution is 6.30. The van der Waals surface area contributed by atoms with Gasteiger partial charge in [0.25, 0.3) is 5.91 Å². The summed E-state index contributed by atoms with van der Waals surface area (Å²) in [5.74, 6) is -0.287. The van der Waals surface area contributed by atoms with Crippen molar-refractivity contribution in [2.75, 3.05) is 0 Å². The lowest BCUT2D eigenvalue weighted by molar-refractivity contribution is 0.0955. The van der Waals surface area contributed by atoms with Crippen LogP contribution in [0.3, 0.4) is 0 Å². The molecule has 0 atom stereocenters. The first kappa shape index (κ1) is 17.9. The highest BCUT2D eigenvalue weighted by Gasteiger charge is 2.10. The van der Waals surface area contributed by atoms with E-state index in [0.717, 1.165) is 17.0 Å². The minimum absolute atomic E-state index is 0.287. The molecule has 132 valence electrons. The van der Waals surface area contributed by atoms with Gasteiger partial charge in [0.05, 0.1) is 18.5 Å². The van der Waals surface area contributed by atoms with E-state index in [-0.39, 0.29) is 5.91 Å². The van der Waals surface area contributed by atoms with Crippen LogP contribution in [0.2, 0.25) is 5.02 Å². The van der Waals surface area contributed by atoms with Crippen LogP contribution in [0.4, 0.5) is 0 Å². The Labute approximate surface area is 157 Å². The van der Waals surface area contributed by atoms with Gasteiger partial charge in [0.2, 0.25) is 0 Å². The summed E-state index contributed by atoms with van der Waals surface area (Å²) in [4.78, 5) is 12.1. The van der Waals surface area contributed by atoms with Crippen molar-refractivity contribution < 1.29 is 4.79 Å². The Kier molecular flexibility index (Phi) is 5.49. The largest absolute Gasteiger partial charge is 0.271 e. The number of nitrogens with one attached hydrogen (secondary N) is 1. The zero-order valence-corrected chi connectivity index (χ0v) is 15.4. The first-order valence-electron chi connectivity index (χ1n) is 8.21. The van der Waals surface area contributed by atoms with Gasteiger partial charge in [-0.3, -0.25) is 9.48 Å². The van der Waals surface area contributed by atoms with Gasteiger partial charge in [-0.1, -0.05) is 41.9 Å². The highest BCUT2D eigenvalue weighted by atomic mass is 35.5. The molecule has 0 aliphatic heterocycles. The van der Waals surface area contributed by atoms with Crippen molar-refractivity contribution >= 4 is 23.7 Å². The number of halogens is 1. The zero-order chi connectivity index (χ0) is 18.5. The van der Waals surface area contributed by atoms with Crippen LogP contribution in [-0.4, -0.2) is 21.9 Å². The fourth-order valence-corrected chi connectivity index (χ4v) is 2.76. The first-order valence-corrected chi connectivity index (χ1v) is 8.59. The van der Waals surface area contributed by atoms with E-state index in [4.69, 9.17) is 11.6 Å². The molecule has 0 fully saturated rings. The molecule has 5 nitrogen and oxygen atoms in total. The highest BCUT2D eigenvalue weighted by Crippen LogP contribution is 2.13. The number of aromatic nitrogens is 2. The van der Waals surface area contributed by atoms with Gasteiger partial charge in [-0.2, -0.15) is 10.2 Å². The van der Waals surface area contributed by atoms with E-state index in [9.17, 15) is 4.79 Å². The number of rotatable bonds is 5. The summed E-state index contributed by atoms with van der Waals surface area (Å²) < 4.78 is 1.94. The minimum atomic E-state index is -0.287. The summed E-state index contributed by atoms with van der Waals surface area (Å²) in [5.41, 5.74) is 6.97. The molecule has 0 radical (unpaired) electrons. The van der Waals surface area contributed by atoms with Crippen LogP contribution in [0.15, 0.2) is 59.7 Å². The van der Waals surface area contributed by atoms with Crippen molar-refractivity contribution in [3.63, 3.8) is 0 Å². The Morgan fingerprint density at radius 1 is 1.15 bits per heavy atom. The van der Waals surface area contributed by atoms with Crippen LogP contribution in [0.1, 0.15) is 32.9 Å². The van der Waals surface area contributed by atoms with E-state index >= 15 is 0 Å². The van der Waals surface area contributed by atoms with Crippen LogP contribution >= 0.6 is 11.6 Å². The summed E-state index contributed by atoms with van der Waals surface area (Å²) in [5, 5.41) is 9.23. The molecule has 0 bridgehead atoms. The van der Waals surface area contributed by atoms with Gasteiger partial charge in [0.15, 0.2) is 0 Å². The second kappa shape index (κ2) is 7.97. The van der Waals surface area contributed by atoms with Crippen molar-refractivity contribution in [3.05, 3.63) is 87.7 Å². The van der Waals surface area contributed by atoms with E-state index in [0.29, 0.717) is 17.1 Å². The number of carbonyl (C=O) groups is 1. The van der Waals surface area contributed by atoms with Crippen molar-refractivity contribution in [3.8, 4) is 0 Å². The average molecular weight is 367 g/mol. The molecule has 26 heavy (non-hydrogen) atoms. The molecule has 0 aliphatic rings. The second-order valence-electron chi connectivity index (χ2n) is 5.93. The van der Waals surface area contributed by atoms with Crippen LogP contribution in [0.25, 0.3) is 0 Å². The van der Waals surface area contributed by atoms with Crippen molar-refractivity contribution in [1.82, 2.24) is 15.2 Å². The molecule has 0 aliphatic carbocycles. The Morgan fingerprint density at radius 2 is 1.85 bits per heavy atom. The number of hydrazone groups is 1. The normalized spacial score (nSPS) is 11.0. The molecule has 3 rings (SSSR count). The van der Waals surface area contributed by atoms with Crippen LogP contribution in [0, 0.1) is 13.8 Å². The Morgan fingerprint density at radius 3 is 2.54 bits per heavy atom. The third kappa shape index (κ3) is 4.18. The molecule has 0 unspecified atom stereocenters. The number of nitrogens with zero attached hydrogens (tertiary/aromatic N) is 3. The van der Waals surface area contributed by atoms with Gasteiger partial charge in [-0.15, -0.1) is 0 Å². The lowest BCUT2D eigenvalue weighted by Gasteiger charge is -2.04. The van der Waals surface area contributed by atoms with Crippen molar-refractivity contribution in [2.24, 2.45) is 5.10 Å². The molecule has 0 spiro atoms. The topological polar surface area (TPSA) is 59.3 Å². The summed E-state index contributed by atoms with van der Waals surface area (Å²) in [6.45, 7) is 4.61. The molecule has 1 N–H and O–H groups in total. The van der Waals surface area contributed by atoms with Crippen molar-refractivity contribution in [1.29, 1.82) is 0 Å². The van der Waals surface area contributed by atoms with Crippen LogP contribution in [-0.2, 0) is 6.54 Å². The number of hydrogen-bond donors (Lipinski definition) is 1. The summed E-state index contributed by atoms with van der Waals surface area (Å²) in [6.07, 6.45) is 1.63. The van der Waals surface area contributed by atoms with E-state index in [2.05, 4.69) is 27.8 Å². The monoisotopic (exact) mass is 366 g/mol.